The second-order valence-electron chi connectivity index (χ2n) is 2.70. The SMILES string of the molecule is N#CC#N.O=C(O)CC(O)(CC(=O)O)C(=O)O.[Au]. The second-order valence-corrected chi connectivity index (χ2v) is 2.70. The Morgan fingerprint density at radius 2 is 1.22 bits per heavy atom. The van der Waals surface area contributed by atoms with E-state index in [1.54, 1.807) is 0 Å². The Labute approximate surface area is 116 Å². The zero-order valence-electron chi connectivity index (χ0n) is 8.62. The molecule has 0 aliphatic heterocycles. The molecule has 0 aromatic heterocycles. The van der Waals surface area contributed by atoms with Crippen molar-refractivity contribution in [2.24, 2.45) is 0 Å². The van der Waals surface area contributed by atoms with Crippen LogP contribution in [-0.2, 0) is 36.8 Å². The maximum Gasteiger partial charge on any atom is 0.336 e. The average Bonchev–Trinajstić information content (AvgIpc) is 2.15. The van der Waals surface area contributed by atoms with Gasteiger partial charge in [0, 0.05) is 22.4 Å². The van der Waals surface area contributed by atoms with Gasteiger partial charge in [0.15, 0.2) is 17.7 Å². The van der Waals surface area contributed by atoms with Gasteiger partial charge in [0.1, 0.15) is 0 Å². The second kappa shape index (κ2) is 10.3. The Kier molecular flexibility index (Phi) is 12.2. The summed E-state index contributed by atoms with van der Waals surface area (Å²) in [6.07, 6.45) is -2.29. The quantitative estimate of drug-likeness (QED) is 0.381. The molecule has 0 amide bonds. The standard InChI is InChI=1S/C6H8O7.C2N2.Au/c7-3(8)1-6(13,5(11)12)2-4(9)10;3-1-2-4;/h13H,1-2H2,(H,7,8)(H,9,10)(H,11,12);;. The Hall–Kier alpha value is -1.91. The van der Waals surface area contributed by atoms with Crippen molar-refractivity contribution < 1.29 is 57.2 Å². The van der Waals surface area contributed by atoms with Crippen molar-refractivity contribution in [2.75, 3.05) is 0 Å². The molecule has 0 aromatic carbocycles. The molecule has 18 heavy (non-hydrogen) atoms. The third kappa shape index (κ3) is 10.6. The Balaban J connectivity index is -0.000000392. The first kappa shape index (κ1) is 21.4. The molecule has 0 heterocycles. The fourth-order valence-corrected chi connectivity index (χ4v) is 0.714. The monoisotopic (exact) mass is 441 g/mol. The molecular weight excluding hydrogens is 433 g/mol. The van der Waals surface area contributed by atoms with E-state index >= 15 is 0 Å². The molecule has 0 aromatic rings. The molecule has 1 radical (unpaired) electrons. The summed E-state index contributed by atoms with van der Waals surface area (Å²) in [4.78, 5) is 30.5. The van der Waals surface area contributed by atoms with E-state index in [-0.39, 0.29) is 22.4 Å². The van der Waals surface area contributed by atoms with Crippen LogP contribution in [0, 0.1) is 22.7 Å². The minimum Gasteiger partial charge on any atom is -0.481 e. The molecule has 10 heteroatoms. The van der Waals surface area contributed by atoms with E-state index in [1.807, 2.05) is 0 Å². The van der Waals surface area contributed by atoms with Crippen LogP contribution >= 0.6 is 0 Å². The third-order valence-corrected chi connectivity index (χ3v) is 1.34. The van der Waals surface area contributed by atoms with Crippen LogP contribution in [-0.4, -0.2) is 43.9 Å². The third-order valence-electron chi connectivity index (χ3n) is 1.34. The number of carboxylic acid groups (broad SMARTS) is 3. The number of nitriles is 2. The topological polar surface area (TPSA) is 180 Å². The number of carbonyl (C=O) groups is 3. The van der Waals surface area contributed by atoms with Gasteiger partial charge in [0.25, 0.3) is 0 Å². The normalized spacial score (nSPS) is 8.39. The van der Waals surface area contributed by atoms with Gasteiger partial charge >= 0.3 is 17.9 Å². The van der Waals surface area contributed by atoms with Crippen LogP contribution < -0.4 is 0 Å². The fraction of sp³-hybridized carbons (Fsp3) is 0.375. The van der Waals surface area contributed by atoms with Crippen LogP contribution in [0.25, 0.3) is 0 Å². The molecule has 4 N–H and O–H groups in total. The van der Waals surface area contributed by atoms with E-state index < -0.39 is 36.4 Å². The van der Waals surface area contributed by atoms with Crippen molar-refractivity contribution in [3.63, 3.8) is 0 Å². The molecule has 0 rings (SSSR count). The van der Waals surface area contributed by atoms with Crippen LogP contribution in [0.5, 0.6) is 0 Å². The molecule has 0 aliphatic carbocycles. The summed E-state index contributed by atoms with van der Waals surface area (Å²) in [5.41, 5.74) is -2.74. The summed E-state index contributed by atoms with van der Waals surface area (Å²) in [6.45, 7) is 0. The predicted molar refractivity (Wildman–Crippen MR) is 48.3 cm³/mol. The number of carboxylic acids is 3. The van der Waals surface area contributed by atoms with Crippen molar-refractivity contribution in [1.29, 1.82) is 10.5 Å². The van der Waals surface area contributed by atoms with E-state index in [1.165, 1.54) is 12.1 Å². The summed E-state index contributed by atoms with van der Waals surface area (Å²) in [5, 5.41) is 48.3. The van der Waals surface area contributed by atoms with Gasteiger partial charge < -0.3 is 20.4 Å². The van der Waals surface area contributed by atoms with Gasteiger partial charge in [-0.05, 0) is 0 Å². The Morgan fingerprint density at radius 3 is 1.33 bits per heavy atom. The zero-order chi connectivity index (χ0) is 14.1. The van der Waals surface area contributed by atoms with Gasteiger partial charge in [-0.15, -0.1) is 0 Å². The van der Waals surface area contributed by atoms with E-state index in [0.29, 0.717) is 0 Å². The molecule has 0 unspecified atom stereocenters. The molecule has 103 valence electrons. The number of rotatable bonds is 5. The minimum atomic E-state index is -2.74. The molecule has 0 bridgehead atoms. The van der Waals surface area contributed by atoms with E-state index in [4.69, 9.17) is 30.9 Å². The minimum absolute atomic E-state index is 0. The maximum absolute atomic E-state index is 10.3. The zero-order valence-corrected chi connectivity index (χ0v) is 10.8. The van der Waals surface area contributed by atoms with Crippen LogP contribution in [0.4, 0.5) is 0 Å². The van der Waals surface area contributed by atoms with Crippen LogP contribution in [0.15, 0.2) is 0 Å². The predicted octanol–water partition coefficient (Wildman–Crippen LogP) is -1.22. The smallest absolute Gasteiger partial charge is 0.336 e. The van der Waals surface area contributed by atoms with E-state index in [0.717, 1.165) is 0 Å². The number of aliphatic carboxylic acids is 3. The Bertz CT molecular complexity index is 367. The van der Waals surface area contributed by atoms with Crippen molar-refractivity contribution in [2.45, 2.75) is 18.4 Å². The van der Waals surface area contributed by atoms with Gasteiger partial charge in [0.2, 0.25) is 0 Å². The van der Waals surface area contributed by atoms with Gasteiger partial charge in [-0.3, -0.25) is 9.59 Å². The van der Waals surface area contributed by atoms with Gasteiger partial charge in [-0.25, -0.2) is 4.79 Å². The van der Waals surface area contributed by atoms with Crippen LogP contribution in [0.2, 0.25) is 0 Å². The summed E-state index contributed by atoms with van der Waals surface area (Å²) in [7, 11) is 0. The van der Waals surface area contributed by atoms with E-state index in [2.05, 4.69) is 0 Å². The van der Waals surface area contributed by atoms with Gasteiger partial charge in [-0.1, -0.05) is 0 Å². The van der Waals surface area contributed by atoms with Crippen LogP contribution in [0.3, 0.4) is 0 Å². The molecule has 0 spiro atoms. The molecule has 9 nitrogen and oxygen atoms in total. The molecule has 0 saturated heterocycles. The van der Waals surface area contributed by atoms with Crippen molar-refractivity contribution in [1.82, 2.24) is 0 Å². The summed E-state index contributed by atoms with van der Waals surface area (Å²) in [6, 6.07) is 2.47. The van der Waals surface area contributed by atoms with Crippen LogP contribution in [0.1, 0.15) is 12.8 Å². The van der Waals surface area contributed by atoms with Gasteiger partial charge in [-0.2, -0.15) is 10.5 Å². The first-order valence-electron chi connectivity index (χ1n) is 3.87. The summed E-state index contributed by atoms with van der Waals surface area (Å²) >= 11 is 0. The summed E-state index contributed by atoms with van der Waals surface area (Å²) < 4.78 is 0. The number of hydrogen-bond acceptors (Lipinski definition) is 6. The molecule has 0 aliphatic rings. The molecule has 0 saturated carbocycles. The maximum atomic E-state index is 10.3. The van der Waals surface area contributed by atoms with Crippen molar-refractivity contribution >= 4 is 17.9 Å². The number of hydrogen-bond donors (Lipinski definition) is 4. The first-order chi connectivity index (χ1) is 7.69. The van der Waals surface area contributed by atoms with Crippen molar-refractivity contribution in [3.05, 3.63) is 0 Å². The van der Waals surface area contributed by atoms with E-state index in [9.17, 15) is 14.4 Å². The molecule has 0 atom stereocenters. The molecule has 0 fully saturated rings. The van der Waals surface area contributed by atoms with Gasteiger partial charge in [0.05, 0.1) is 12.8 Å². The largest absolute Gasteiger partial charge is 0.481 e. The molecular formula is C8H8AuN2O7. The summed E-state index contributed by atoms with van der Waals surface area (Å²) in [5.74, 6) is -5.02. The average molecular weight is 441 g/mol. The Morgan fingerprint density at radius 1 is 0.944 bits per heavy atom. The fourth-order valence-electron chi connectivity index (χ4n) is 0.714. The van der Waals surface area contributed by atoms with Crippen molar-refractivity contribution in [3.8, 4) is 12.1 Å². The number of nitrogens with zero attached hydrogens (tertiary/aromatic N) is 2. The number of aliphatic hydroxyl groups is 1. The first-order valence-corrected chi connectivity index (χ1v) is 3.87.